The van der Waals surface area contributed by atoms with Crippen molar-refractivity contribution in [1.29, 1.82) is 0 Å². The zero-order chi connectivity index (χ0) is 18.7. The highest BCUT2D eigenvalue weighted by molar-refractivity contribution is 7.92. The highest BCUT2D eigenvalue weighted by Gasteiger charge is 2.20. The molecule has 1 saturated heterocycles. The molecule has 0 atom stereocenters. The zero-order valence-electron chi connectivity index (χ0n) is 15.1. The van der Waals surface area contributed by atoms with E-state index in [0.717, 1.165) is 37.3 Å². The lowest BCUT2D eigenvalue weighted by atomic mass is 10.2. The molecule has 2 aromatic carbocycles. The summed E-state index contributed by atoms with van der Waals surface area (Å²) in [6, 6.07) is 13.9. The van der Waals surface area contributed by atoms with E-state index < -0.39 is 15.1 Å². The molecule has 0 aromatic heterocycles. The standard InChI is InChI=1S/C20H24N2O3S/c1-15(2)26(24,25)17-11-9-16(10-12-17)20(23)21-18-7-3-4-8-19(18)22-13-5-6-14-22/h3-4,7-12,15H,5-6,13-14H2,1-2H3,(H,21,23). The molecule has 1 fully saturated rings. The molecule has 0 radical (unpaired) electrons. The van der Waals surface area contributed by atoms with E-state index in [4.69, 9.17) is 0 Å². The number of nitrogens with one attached hydrogen (secondary N) is 1. The normalized spacial score (nSPS) is 14.7. The van der Waals surface area contributed by atoms with Crippen LogP contribution in [0, 0.1) is 0 Å². The minimum atomic E-state index is -3.33. The van der Waals surface area contributed by atoms with E-state index in [2.05, 4.69) is 10.2 Å². The van der Waals surface area contributed by atoms with E-state index >= 15 is 0 Å². The maximum absolute atomic E-state index is 12.6. The molecule has 3 rings (SSSR count). The third kappa shape index (κ3) is 3.75. The summed E-state index contributed by atoms with van der Waals surface area (Å²) in [5, 5.41) is 2.46. The molecule has 26 heavy (non-hydrogen) atoms. The number of carbonyl (C=O) groups is 1. The van der Waals surface area contributed by atoms with Crippen molar-refractivity contribution in [2.45, 2.75) is 36.8 Å². The molecule has 1 aliphatic rings. The molecular weight excluding hydrogens is 348 g/mol. The number of rotatable bonds is 5. The zero-order valence-corrected chi connectivity index (χ0v) is 15.9. The number of carbonyl (C=O) groups excluding carboxylic acids is 1. The van der Waals surface area contributed by atoms with Gasteiger partial charge in [0.05, 0.1) is 21.5 Å². The van der Waals surface area contributed by atoms with Gasteiger partial charge in [-0.15, -0.1) is 0 Å². The van der Waals surface area contributed by atoms with Crippen LogP contribution in [0.25, 0.3) is 0 Å². The maximum atomic E-state index is 12.6. The van der Waals surface area contributed by atoms with Crippen LogP contribution in [0.4, 0.5) is 11.4 Å². The van der Waals surface area contributed by atoms with Crippen LogP contribution in [0.3, 0.4) is 0 Å². The van der Waals surface area contributed by atoms with E-state index in [0.29, 0.717) is 5.56 Å². The monoisotopic (exact) mass is 372 g/mol. The Morgan fingerprint density at radius 3 is 2.23 bits per heavy atom. The smallest absolute Gasteiger partial charge is 0.255 e. The summed E-state index contributed by atoms with van der Waals surface area (Å²) in [5.74, 6) is -0.245. The topological polar surface area (TPSA) is 66.5 Å². The second-order valence-electron chi connectivity index (χ2n) is 6.78. The van der Waals surface area contributed by atoms with Gasteiger partial charge in [-0.2, -0.15) is 0 Å². The van der Waals surface area contributed by atoms with Gasteiger partial charge in [0.25, 0.3) is 5.91 Å². The van der Waals surface area contributed by atoms with Crippen molar-refractivity contribution in [3.8, 4) is 0 Å². The molecule has 6 heteroatoms. The second-order valence-corrected chi connectivity index (χ2v) is 9.29. The minimum Gasteiger partial charge on any atom is -0.370 e. The van der Waals surface area contributed by atoms with Crippen LogP contribution in [-0.4, -0.2) is 32.7 Å². The SMILES string of the molecule is CC(C)S(=O)(=O)c1ccc(C(=O)Nc2ccccc2N2CCCC2)cc1. The lowest BCUT2D eigenvalue weighted by Gasteiger charge is -2.21. The third-order valence-corrected chi connectivity index (χ3v) is 6.84. The van der Waals surface area contributed by atoms with E-state index in [1.807, 2.05) is 24.3 Å². The van der Waals surface area contributed by atoms with Gasteiger partial charge in [-0.25, -0.2) is 8.42 Å². The van der Waals surface area contributed by atoms with Crippen LogP contribution in [-0.2, 0) is 9.84 Å². The molecule has 1 amide bonds. The number of hydrogen-bond acceptors (Lipinski definition) is 4. The van der Waals surface area contributed by atoms with Gasteiger partial charge >= 0.3 is 0 Å². The first-order valence-electron chi connectivity index (χ1n) is 8.89. The van der Waals surface area contributed by atoms with Gasteiger partial charge in [-0.3, -0.25) is 4.79 Å². The Morgan fingerprint density at radius 2 is 1.62 bits per heavy atom. The number of para-hydroxylation sites is 2. The molecule has 138 valence electrons. The Hall–Kier alpha value is -2.34. The fraction of sp³-hybridized carbons (Fsp3) is 0.350. The second kappa shape index (κ2) is 7.50. The van der Waals surface area contributed by atoms with Crippen LogP contribution in [0.5, 0.6) is 0 Å². The summed E-state index contributed by atoms with van der Waals surface area (Å²) < 4.78 is 24.4. The summed E-state index contributed by atoms with van der Waals surface area (Å²) in [6.07, 6.45) is 2.32. The number of sulfone groups is 1. The predicted molar refractivity (Wildman–Crippen MR) is 105 cm³/mol. The van der Waals surface area contributed by atoms with Crippen molar-refractivity contribution in [3.05, 3.63) is 54.1 Å². The van der Waals surface area contributed by atoms with Crippen molar-refractivity contribution in [1.82, 2.24) is 0 Å². The van der Waals surface area contributed by atoms with Crippen molar-refractivity contribution in [2.75, 3.05) is 23.3 Å². The lowest BCUT2D eigenvalue weighted by molar-refractivity contribution is 0.102. The van der Waals surface area contributed by atoms with Gasteiger partial charge in [-0.1, -0.05) is 12.1 Å². The Morgan fingerprint density at radius 1 is 1.00 bits per heavy atom. The Labute approximate surface area is 154 Å². The molecule has 1 heterocycles. The van der Waals surface area contributed by atoms with Gasteiger partial charge in [0.1, 0.15) is 0 Å². The fourth-order valence-corrected chi connectivity index (χ4v) is 4.14. The third-order valence-electron chi connectivity index (χ3n) is 4.66. The average Bonchev–Trinajstić information content (AvgIpc) is 3.16. The fourth-order valence-electron chi connectivity index (χ4n) is 3.08. The largest absolute Gasteiger partial charge is 0.370 e. The first-order valence-corrected chi connectivity index (χ1v) is 10.4. The number of amides is 1. The Kier molecular flexibility index (Phi) is 5.32. The summed E-state index contributed by atoms with van der Waals surface area (Å²) in [6.45, 7) is 5.28. The number of hydrogen-bond donors (Lipinski definition) is 1. The minimum absolute atomic E-state index is 0.238. The van der Waals surface area contributed by atoms with Crippen LogP contribution in [0.1, 0.15) is 37.0 Å². The van der Waals surface area contributed by atoms with Crippen LogP contribution >= 0.6 is 0 Å². The Bertz CT molecular complexity index is 884. The van der Waals surface area contributed by atoms with Gasteiger partial charge in [0.15, 0.2) is 9.84 Å². The summed E-state index contributed by atoms with van der Waals surface area (Å²) >= 11 is 0. The molecule has 0 unspecified atom stereocenters. The predicted octanol–water partition coefficient (Wildman–Crippen LogP) is 3.72. The quantitative estimate of drug-likeness (QED) is 0.869. The number of anilines is 2. The van der Waals surface area contributed by atoms with Gasteiger partial charge < -0.3 is 10.2 Å². The molecular formula is C20H24N2O3S. The van der Waals surface area contributed by atoms with Gasteiger partial charge in [-0.05, 0) is 63.1 Å². The molecule has 0 aliphatic carbocycles. The Balaban J connectivity index is 1.79. The van der Waals surface area contributed by atoms with E-state index in [9.17, 15) is 13.2 Å². The molecule has 2 aromatic rings. The van der Waals surface area contributed by atoms with Crippen molar-refractivity contribution in [3.63, 3.8) is 0 Å². The van der Waals surface area contributed by atoms with E-state index in [1.165, 1.54) is 12.1 Å². The highest BCUT2D eigenvalue weighted by Crippen LogP contribution is 2.29. The van der Waals surface area contributed by atoms with Crippen LogP contribution in [0.15, 0.2) is 53.4 Å². The van der Waals surface area contributed by atoms with Gasteiger partial charge in [0, 0.05) is 18.7 Å². The van der Waals surface area contributed by atoms with Crippen molar-refractivity contribution >= 4 is 27.1 Å². The molecule has 0 spiro atoms. The summed E-state index contributed by atoms with van der Waals surface area (Å²) in [7, 11) is -3.33. The van der Waals surface area contributed by atoms with Crippen molar-refractivity contribution < 1.29 is 13.2 Å². The van der Waals surface area contributed by atoms with Gasteiger partial charge in [0.2, 0.25) is 0 Å². The molecule has 1 N–H and O–H groups in total. The van der Waals surface area contributed by atoms with Crippen LogP contribution in [0.2, 0.25) is 0 Å². The van der Waals surface area contributed by atoms with Crippen LogP contribution < -0.4 is 10.2 Å². The van der Waals surface area contributed by atoms with Crippen molar-refractivity contribution in [2.24, 2.45) is 0 Å². The average molecular weight is 372 g/mol. The molecule has 1 aliphatic heterocycles. The number of nitrogens with zero attached hydrogens (tertiary/aromatic N) is 1. The molecule has 0 saturated carbocycles. The molecule has 0 bridgehead atoms. The molecule has 5 nitrogen and oxygen atoms in total. The first kappa shape index (κ1) is 18.5. The lowest BCUT2D eigenvalue weighted by Crippen LogP contribution is -2.21. The van der Waals surface area contributed by atoms with E-state index in [1.54, 1.807) is 26.0 Å². The van der Waals surface area contributed by atoms with E-state index in [-0.39, 0.29) is 10.8 Å². The summed E-state index contributed by atoms with van der Waals surface area (Å²) in [5.41, 5.74) is 2.24. The highest BCUT2D eigenvalue weighted by atomic mass is 32.2. The summed E-state index contributed by atoms with van der Waals surface area (Å²) in [4.78, 5) is 15.1. The number of benzene rings is 2. The first-order chi connectivity index (χ1) is 12.4. The maximum Gasteiger partial charge on any atom is 0.255 e.